The van der Waals surface area contributed by atoms with Crippen LogP contribution in [-0.2, 0) is 6.42 Å². The Balaban J connectivity index is 2.41. The average molecular weight is 347 g/mol. The van der Waals surface area contributed by atoms with Crippen LogP contribution in [0.25, 0.3) is 16.9 Å². The van der Waals surface area contributed by atoms with Gasteiger partial charge in [-0.15, -0.1) is 0 Å². The number of carbonyl (C=O) groups excluding carboxylic acids is 1. The number of aromatic nitrogens is 3. The van der Waals surface area contributed by atoms with Crippen molar-refractivity contribution >= 4 is 6.29 Å². The van der Waals surface area contributed by atoms with Crippen LogP contribution in [0, 0.1) is 25.5 Å². The Hall–Kier alpha value is -3.03. The number of phenols is 1. The van der Waals surface area contributed by atoms with Crippen molar-refractivity contribution in [2.24, 2.45) is 0 Å². The number of carbonyl (C=O) groups is 1. The molecule has 0 amide bonds. The van der Waals surface area contributed by atoms with Crippen molar-refractivity contribution in [3.05, 3.63) is 46.5 Å². The van der Waals surface area contributed by atoms with Gasteiger partial charge < -0.3 is 9.63 Å². The summed E-state index contributed by atoms with van der Waals surface area (Å²) in [5.74, 6) is -3.04. The zero-order chi connectivity index (χ0) is 18.3. The molecule has 6 nitrogen and oxygen atoms in total. The third-order valence-corrected chi connectivity index (χ3v) is 3.99. The summed E-state index contributed by atoms with van der Waals surface area (Å²) in [5.41, 5.74) is 1.70. The number of aromatic hydroxyl groups is 1. The number of hydrogen-bond donors (Lipinski definition) is 1. The highest BCUT2D eigenvalue weighted by Crippen LogP contribution is 2.35. The van der Waals surface area contributed by atoms with Crippen molar-refractivity contribution < 1.29 is 23.2 Å². The molecule has 0 aliphatic heterocycles. The fraction of sp³-hybridized carbons (Fsp3) is 0.235. The minimum Gasteiger partial charge on any atom is -0.505 e. The van der Waals surface area contributed by atoms with E-state index in [2.05, 4.69) is 10.3 Å². The molecule has 0 atom stereocenters. The fourth-order valence-corrected chi connectivity index (χ4v) is 2.79. The number of phenolic OH excluding ortho intramolecular Hbond substituents is 1. The van der Waals surface area contributed by atoms with Crippen LogP contribution in [0.2, 0.25) is 0 Å². The summed E-state index contributed by atoms with van der Waals surface area (Å²) < 4.78 is 34.5. The lowest BCUT2D eigenvalue weighted by Crippen LogP contribution is -2.05. The summed E-state index contributed by atoms with van der Waals surface area (Å²) >= 11 is 0. The predicted octanol–water partition coefficient (Wildman–Crippen LogP) is 3.50. The number of rotatable bonds is 4. The van der Waals surface area contributed by atoms with Gasteiger partial charge in [0.05, 0.1) is 28.2 Å². The molecular formula is C17H15F2N3O3. The van der Waals surface area contributed by atoms with Crippen molar-refractivity contribution in [1.82, 2.24) is 14.9 Å². The van der Waals surface area contributed by atoms with E-state index in [1.54, 1.807) is 20.8 Å². The lowest BCUT2D eigenvalue weighted by atomic mass is 10.0. The van der Waals surface area contributed by atoms with Gasteiger partial charge in [0.1, 0.15) is 11.4 Å². The Bertz CT molecular complexity index is 957. The number of benzene rings is 1. The Morgan fingerprint density at radius 3 is 2.56 bits per heavy atom. The van der Waals surface area contributed by atoms with Crippen LogP contribution in [0.1, 0.15) is 34.4 Å². The van der Waals surface area contributed by atoms with Crippen molar-refractivity contribution in [2.75, 3.05) is 0 Å². The van der Waals surface area contributed by atoms with Crippen LogP contribution >= 0.6 is 0 Å². The molecule has 0 bridgehead atoms. The largest absolute Gasteiger partial charge is 0.505 e. The normalized spacial score (nSPS) is 11.1. The van der Waals surface area contributed by atoms with Crippen LogP contribution < -0.4 is 0 Å². The van der Waals surface area contributed by atoms with Crippen LogP contribution in [0.5, 0.6) is 5.75 Å². The molecule has 0 unspecified atom stereocenters. The summed E-state index contributed by atoms with van der Waals surface area (Å²) in [6.07, 6.45) is 1.04. The summed E-state index contributed by atoms with van der Waals surface area (Å²) in [5, 5.41) is 17.5. The second-order valence-electron chi connectivity index (χ2n) is 5.52. The van der Waals surface area contributed by atoms with Gasteiger partial charge in [-0.05, 0) is 32.4 Å². The minimum atomic E-state index is -1.39. The van der Waals surface area contributed by atoms with E-state index in [-0.39, 0.29) is 16.9 Å². The zero-order valence-corrected chi connectivity index (χ0v) is 13.8. The van der Waals surface area contributed by atoms with E-state index >= 15 is 0 Å². The molecule has 2 heterocycles. The highest BCUT2D eigenvalue weighted by molar-refractivity contribution is 5.89. The quantitative estimate of drug-likeness (QED) is 0.731. The van der Waals surface area contributed by atoms with Crippen molar-refractivity contribution in [2.45, 2.75) is 27.2 Å². The monoisotopic (exact) mass is 347 g/mol. The van der Waals surface area contributed by atoms with Gasteiger partial charge in [-0.25, -0.2) is 9.07 Å². The van der Waals surface area contributed by atoms with E-state index in [1.807, 2.05) is 0 Å². The predicted molar refractivity (Wildman–Crippen MR) is 84.9 cm³/mol. The summed E-state index contributed by atoms with van der Waals surface area (Å²) in [7, 11) is 0. The molecule has 8 heteroatoms. The molecule has 1 N–H and O–H groups in total. The van der Waals surface area contributed by atoms with Crippen LogP contribution in [0.15, 0.2) is 16.7 Å². The molecule has 2 aromatic heterocycles. The van der Waals surface area contributed by atoms with Crippen LogP contribution in [0.3, 0.4) is 0 Å². The Morgan fingerprint density at radius 2 is 2.00 bits per heavy atom. The molecule has 25 heavy (non-hydrogen) atoms. The third-order valence-electron chi connectivity index (χ3n) is 3.99. The van der Waals surface area contributed by atoms with Crippen LogP contribution in [-0.4, -0.2) is 26.3 Å². The molecule has 1 aromatic carbocycles. The SMILES string of the molecule is CCc1nn(-c2ccc(O)c(F)c2F)c(-c2c(C)noc2C)c1C=O. The molecule has 0 saturated heterocycles. The third kappa shape index (κ3) is 2.50. The lowest BCUT2D eigenvalue weighted by molar-refractivity contribution is 0.112. The lowest BCUT2D eigenvalue weighted by Gasteiger charge is -2.10. The summed E-state index contributed by atoms with van der Waals surface area (Å²) in [6.45, 7) is 5.13. The molecular weight excluding hydrogens is 332 g/mol. The molecule has 3 aromatic rings. The molecule has 0 radical (unpaired) electrons. The summed E-state index contributed by atoms with van der Waals surface area (Å²) in [6, 6.07) is 2.22. The topological polar surface area (TPSA) is 81.2 Å². The number of aldehydes is 1. The first-order valence-corrected chi connectivity index (χ1v) is 7.58. The van der Waals surface area contributed by atoms with Gasteiger partial charge in [-0.3, -0.25) is 4.79 Å². The van der Waals surface area contributed by atoms with Gasteiger partial charge in [-0.2, -0.15) is 9.49 Å². The maximum atomic E-state index is 14.4. The Morgan fingerprint density at radius 1 is 1.28 bits per heavy atom. The summed E-state index contributed by atoms with van der Waals surface area (Å²) in [4.78, 5) is 11.7. The number of hydrogen-bond acceptors (Lipinski definition) is 5. The van der Waals surface area contributed by atoms with E-state index in [0.717, 1.165) is 10.7 Å². The Kier molecular flexibility index (Phi) is 4.12. The van der Waals surface area contributed by atoms with E-state index in [4.69, 9.17) is 4.52 Å². The van der Waals surface area contributed by atoms with Gasteiger partial charge in [0.25, 0.3) is 0 Å². The average Bonchev–Trinajstić information content (AvgIpc) is 3.12. The van der Waals surface area contributed by atoms with Gasteiger partial charge in [-0.1, -0.05) is 12.1 Å². The van der Waals surface area contributed by atoms with Crippen molar-refractivity contribution in [3.8, 4) is 22.7 Å². The van der Waals surface area contributed by atoms with E-state index in [0.29, 0.717) is 35.4 Å². The Labute approximate surface area is 141 Å². The van der Waals surface area contributed by atoms with Crippen molar-refractivity contribution in [3.63, 3.8) is 0 Å². The van der Waals surface area contributed by atoms with E-state index < -0.39 is 17.4 Å². The van der Waals surface area contributed by atoms with E-state index in [9.17, 15) is 18.7 Å². The second-order valence-corrected chi connectivity index (χ2v) is 5.52. The first-order valence-electron chi connectivity index (χ1n) is 7.58. The van der Waals surface area contributed by atoms with Crippen molar-refractivity contribution in [1.29, 1.82) is 0 Å². The highest BCUT2D eigenvalue weighted by atomic mass is 19.2. The highest BCUT2D eigenvalue weighted by Gasteiger charge is 2.27. The van der Waals surface area contributed by atoms with Crippen LogP contribution in [0.4, 0.5) is 8.78 Å². The molecule has 0 spiro atoms. The van der Waals surface area contributed by atoms with Gasteiger partial charge in [0.15, 0.2) is 17.9 Å². The fourth-order valence-electron chi connectivity index (χ4n) is 2.79. The maximum Gasteiger partial charge on any atom is 0.202 e. The number of aryl methyl sites for hydroxylation is 3. The van der Waals surface area contributed by atoms with Gasteiger partial charge in [0, 0.05) is 0 Å². The minimum absolute atomic E-state index is 0.229. The molecule has 0 saturated carbocycles. The zero-order valence-electron chi connectivity index (χ0n) is 13.8. The molecule has 3 rings (SSSR count). The van der Waals surface area contributed by atoms with Gasteiger partial charge >= 0.3 is 0 Å². The molecule has 0 fully saturated rings. The first kappa shape index (κ1) is 16.8. The smallest absolute Gasteiger partial charge is 0.202 e. The number of halogens is 2. The molecule has 130 valence electrons. The number of nitrogens with zero attached hydrogens (tertiary/aromatic N) is 3. The van der Waals surface area contributed by atoms with E-state index in [1.165, 1.54) is 6.07 Å². The first-order chi connectivity index (χ1) is 11.9. The second kappa shape index (κ2) is 6.12. The standard InChI is InChI=1S/C17H15F2N3O3/c1-4-11-10(7-23)17(14-8(2)21-25-9(14)3)22(20-11)12-5-6-13(24)16(19)15(12)18/h5-7,24H,4H2,1-3H3. The van der Waals surface area contributed by atoms with Gasteiger partial charge in [0.2, 0.25) is 5.82 Å². The maximum absolute atomic E-state index is 14.4. The molecule has 0 aliphatic rings. The molecule has 0 aliphatic carbocycles.